The van der Waals surface area contributed by atoms with E-state index in [1.54, 1.807) is 0 Å². The topological polar surface area (TPSA) is 53.5 Å². The molecule has 1 aromatic carbocycles. The van der Waals surface area contributed by atoms with Crippen LogP contribution in [0.5, 0.6) is 0 Å². The van der Waals surface area contributed by atoms with Crippen molar-refractivity contribution in [1.82, 2.24) is 4.72 Å². The molecule has 0 amide bonds. The SMILES string of the molecule is CSc1cc(F)cc(C(CCC2OCCCO2)N[S+]([O-])C(C)(C)C)c1. The van der Waals surface area contributed by atoms with E-state index in [2.05, 4.69) is 4.72 Å². The quantitative estimate of drug-likeness (QED) is 0.560. The molecule has 0 bridgehead atoms. The van der Waals surface area contributed by atoms with Crippen molar-refractivity contribution in [2.24, 2.45) is 0 Å². The molecule has 1 fully saturated rings. The third-order valence-electron chi connectivity index (χ3n) is 3.92. The monoisotopic (exact) mass is 389 g/mol. The van der Waals surface area contributed by atoms with Gasteiger partial charge in [0.25, 0.3) is 0 Å². The zero-order valence-corrected chi connectivity index (χ0v) is 17.0. The van der Waals surface area contributed by atoms with E-state index in [4.69, 9.17) is 9.47 Å². The molecule has 0 saturated carbocycles. The highest BCUT2D eigenvalue weighted by atomic mass is 32.2. The highest BCUT2D eigenvalue weighted by Gasteiger charge is 2.30. The van der Waals surface area contributed by atoms with Crippen LogP contribution in [-0.4, -0.2) is 35.1 Å². The lowest BCUT2D eigenvalue weighted by Gasteiger charge is -2.30. The molecule has 2 atom stereocenters. The summed E-state index contributed by atoms with van der Waals surface area (Å²) in [7, 11) is 0. The second-order valence-corrected chi connectivity index (χ2v) is 9.96. The molecule has 0 radical (unpaired) electrons. The van der Waals surface area contributed by atoms with Crippen LogP contribution in [-0.2, 0) is 20.8 Å². The molecule has 1 heterocycles. The molecular formula is C18H28FNO3S2. The van der Waals surface area contributed by atoms with Crippen LogP contribution in [0.3, 0.4) is 0 Å². The Morgan fingerprint density at radius 1 is 1.32 bits per heavy atom. The van der Waals surface area contributed by atoms with Crippen LogP contribution in [0, 0.1) is 5.82 Å². The predicted octanol–water partition coefficient (Wildman–Crippen LogP) is 4.18. The Morgan fingerprint density at radius 2 is 2.00 bits per heavy atom. The largest absolute Gasteiger partial charge is 0.598 e. The summed E-state index contributed by atoms with van der Waals surface area (Å²) in [6, 6.07) is 4.75. The summed E-state index contributed by atoms with van der Waals surface area (Å²) in [5, 5.41) is 0. The van der Waals surface area contributed by atoms with E-state index in [0.717, 1.165) is 16.9 Å². The number of thioether (sulfide) groups is 1. The molecule has 1 aliphatic rings. The van der Waals surface area contributed by atoms with Crippen LogP contribution in [0.4, 0.5) is 4.39 Å². The van der Waals surface area contributed by atoms with Crippen LogP contribution < -0.4 is 4.72 Å². The van der Waals surface area contributed by atoms with E-state index in [1.165, 1.54) is 23.9 Å². The van der Waals surface area contributed by atoms with Crippen LogP contribution >= 0.6 is 11.8 Å². The Morgan fingerprint density at radius 3 is 2.60 bits per heavy atom. The number of ether oxygens (including phenoxy) is 2. The number of nitrogens with one attached hydrogen (secondary N) is 1. The predicted molar refractivity (Wildman–Crippen MR) is 101 cm³/mol. The van der Waals surface area contributed by atoms with Crippen LogP contribution in [0.1, 0.15) is 51.6 Å². The maximum atomic E-state index is 14.0. The second kappa shape index (κ2) is 9.58. The Hall–Kier alpha value is -0.310. The van der Waals surface area contributed by atoms with Gasteiger partial charge >= 0.3 is 0 Å². The van der Waals surface area contributed by atoms with Crippen molar-refractivity contribution in [1.29, 1.82) is 0 Å². The van der Waals surface area contributed by atoms with Gasteiger partial charge in [0, 0.05) is 22.7 Å². The second-order valence-electron chi connectivity index (χ2n) is 7.08. The van der Waals surface area contributed by atoms with Gasteiger partial charge in [0.05, 0.1) is 19.3 Å². The normalized spacial score (nSPS) is 19.0. The first kappa shape index (κ1) is 21.0. The summed E-state index contributed by atoms with van der Waals surface area (Å²) >= 11 is 0.242. The molecule has 142 valence electrons. The van der Waals surface area contributed by atoms with Crippen LogP contribution in [0.15, 0.2) is 23.1 Å². The highest BCUT2D eigenvalue weighted by molar-refractivity contribution is 7.98. The fourth-order valence-corrected chi connectivity index (χ4v) is 3.86. The standard InChI is InChI=1S/C18H28FNO3S2/c1-18(2,3)25(21)20-16(6-7-17-22-8-5-9-23-17)13-10-14(19)12-15(11-13)24-4/h10-12,16-17,20H,5-9H2,1-4H3. The molecule has 4 nitrogen and oxygen atoms in total. The average Bonchev–Trinajstić information content (AvgIpc) is 2.57. The summed E-state index contributed by atoms with van der Waals surface area (Å²) in [6.45, 7) is 7.15. The molecular weight excluding hydrogens is 361 g/mol. The highest BCUT2D eigenvalue weighted by Crippen LogP contribution is 2.29. The maximum absolute atomic E-state index is 14.0. The molecule has 0 spiro atoms. The summed E-state index contributed by atoms with van der Waals surface area (Å²) in [4.78, 5) is 0.855. The van der Waals surface area contributed by atoms with Gasteiger partial charge in [-0.2, -0.15) is 0 Å². The van der Waals surface area contributed by atoms with E-state index in [-0.39, 0.29) is 18.1 Å². The number of benzene rings is 1. The van der Waals surface area contributed by atoms with Crippen LogP contribution in [0.25, 0.3) is 0 Å². The van der Waals surface area contributed by atoms with Crippen molar-refractivity contribution in [3.8, 4) is 0 Å². The number of rotatable bonds is 7. The van der Waals surface area contributed by atoms with Gasteiger partial charge in [0.2, 0.25) is 0 Å². The maximum Gasteiger partial charge on any atom is 0.157 e. The van der Waals surface area contributed by atoms with E-state index < -0.39 is 16.1 Å². The van der Waals surface area contributed by atoms with Gasteiger partial charge in [-0.05, 0) is 63.6 Å². The fourth-order valence-electron chi connectivity index (χ4n) is 2.51. The number of hydrogen-bond donors (Lipinski definition) is 1. The molecule has 1 N–H and O–H groups in total. The minimum atomic E-state index is -1.25. The minimum absolute atomic E-state index is 0.226. The van der Waals surface area contributed by atoms with Crippen LogP contribution in [0.2, 0.25) is 0 Å². The molecule has 1 aliphatic heterocycles. The first-order valence-electron chi connectivity index (χ1n) is 8.55. The van der Waals surface area contributed by atoms with Crippen molar-refractivity contribution < 1.29 is 18.4 Å². The van der Waals surface area contributed by atoms with E-state index in [1.807, 2.05) is 33.1 Å². The van der Waals surface area contributed by atoms with E-state index >= 15 is 0 Å². The summed E-state index contributed by atoms with van der Waals surface area (Å²) in [5.74, 6) is -0.277. The van der Waals surface area contributed by atoms with Gasteiger partial charge in [0.1, 0.15) is 10.6 Å². The van der Waals surface area contributed by atoms with Gasteiger partial charge in [-0.1, -0.05) is 0 Å². The van der Waals surface area contributed by atoms with Crippen molar-refractivity contribution in [2.75, 3.05) is 19.5 Å². The number of hydrogen-bond acceptors (Lipinski definition) is 5. The zero-order valence-electron chi connectivity index (χ0n) is 15.3. The van der Waals surface area contributed by atoms with Crippen molar-refractivity contribution in [3.05, 3.63) is 29.6 Å². The van der Waals surface area contributed by atoms with Crippen molar-refractivity contribution in [2.45, 2.75) is 62.0 Å². The van der Waals surface area contributed by atoms with Gasteiger partial charge in [-0.15, -0.1) is 16.5 Å². The van der Waals surface area contributed by atoms with Gasteiger partial charge in [-0.3, -0.25) is 0 Å². The zero-order chi connectivity index (χ0) is 18.4. The van der Waals surface area contributed by atoms with E-state index in [0.29, 0.717) is 26.1 Å². The molecule has 25 heavy (non-hydrogen) atoms. The Balaban J connectivity index is 2.14. The minimum Gasteiger partial charge on any atom is -0.598 e. The Labute approximate surface area is 157 Å². The lowest BCUT2D eigenvalue weighted by atomic mass is 10.0. The smallest absolute Gasteiger partial charge is 0.157 e. The fraction of sp³-hybridized carbons (Fsp3) is 0.667. The molecule has 0 aliphatic carbocycles. The first-order valence-corrected chi connectivity index (χ1v) is 10.9. The lowest BCUT2D eigenvalue weighted by molar-refractivity contribution is -0.182. The molecule has 0 aromatic heterocycles. The molecule has 7 heteroatoms. The average molecular weight is 390 g/mol. The third kappa shape index (κ3) is 6.73. The molecule has 1 aromatic rings. The first-order chi connectivity index (χ1) is 11.8. The van der Waals surface area contributed by atoms with Gasteiger partial charge in [0.15, 0.2) is 6.29 Å². The summed E-state index contributed by atoms with van der Waals surface area (Å²) in [6.07, 6.45) is 3.91. The number of halogens is 1. The molecule has 2 unspecified atom stereocenters. The van der Waals surface area contributed by atoms with Crippen molar-refractivity contribution >= 4 is 23.1 Å². The van der Waals surface area contributed by atoms with E-state index in [9.17, 15) is 8.94 Å². The summed E-state index contributed by atoms with van der Waals surface area (Å²) < 4.78 is 40.5. The lowest BCUT2D eigenvalue weighted by Crippen LogP contribution is -2.41. The van der Waals surface area contributed by atoms with Crippen molar-refractivity contribution in [3.63, 3.8) is 0 Å². The Kier molecular flexibility index (Phi) is 8.04. The molecule has 2 rings (SSSR count). The summed E-state index contributed by atoms with van der Waals surface area (Å²) in [5.41, 5.74) is 0.803. The molecule has 1 saturated heterocycles. The Bertz CT molecular complexity index is 548. The third-order valence-corrected chi connectivity index (χ3v) is 6.24. The van der Waals surface area contributed by atoms with Gasteiger partial charge in [-0.25, -0.2) is 4.39 Å². The van der Waals surface area contributed by atoms with Gasteiger partial charge < -0.3 is 14.0 Å².